The second kappa shape index (κ2) is 4.24. The van der Waals surface area contributed by atoms with Crippen molar-refractivity contribution in [1.82, 2.24) is 0 Å². The Morgan fingerprint density at radius 3 is 3.27 bits per heavy atom. The van der Waals surface area contributed by atoms with Gasteiger partial charge in [-0.2, -0.15) is 5.26 Å². The molecular weight excluding hydrogens is 210 g/mol. The third-order valence-electron chi connectivity index (χ3n) is 1.98. The van der Waals surface area contributed by atoms with Crippen molar-refractivity contribution < 1.29 is 4.79 Å². The van der Waals surface area contributed by atoms with E-state index in [0.717, 1.165) is 16.3 Å². The Morgan fingerprint density at radius 1 is 1.60 bits per heavy atom. The Bertz CT molecular complexity index is 439. The Morgan fingerprint density at radius 2 is 2.47 bits per heavy atom. The van der Waals surface area contributed by atoms with Crippen LogP contribution < -0.4 is 10.6 Å². The van der Waals surface area contributed by atoms with E-state index in [-0.39, 0.29) is 12.5 Å². The van der Waals surface area contributed by atoms with Gasteiger partial charge in [-0.05, 0) is 18.2 Å². The van der Waals surface area contributed by atoms with Crippen LogP contribution in [0, 0.1) is 11.3 Å². The van der Waals surface area contributed by atoms with Gasteiger partial charge in [0.15, 0.2) is 0 Å². The van der Waals surface area contributed by atoms with Crippen LogP contribution in [0.4, 0.5) is 11.4 Å². The molecule has 1 aromatic rings. The Labute approximate surface area is 91.7 Å². The molecule has 1 aromatic carbocycles. The third kappa shape index (κ3) is 2.22. The normalized spacial score (nSPS) is 13.7. The molecule has 0 unspecified atom stereocenters. The number of fused-ring (bicyclic) bond motifs is 1. The maximum Gasteiger partial charge on any atom is 0.234 e. The molecule has 0 atom stereocenters. The molecule has 1 aliphatic rings. The summed E-state index contributed by atoms with van der Waals surface area (Å²) in [4.78, 5) is 12.2. The second-order valence-electron chi connectivity index (χ2n) is 3.06. The van der Waals surface area contributed by atoms with Crippen molar-refractivity contribution >= 4 is 29.0 Å². The van der Waals surface area contributed by atoms with Gasteiger partial charge >= 0.3 is 0 Å². The van der Waals surface area contributed by atoms with Crippen LogP contribution in [0.25, 0.3) is 0 Å². The first kappa shape index (κ1) is 9.87. The molecule has 0 aromatic heterocycles. The molecule has 0 spiro atoms. The average molecular weight is 219 g/mol. The summed E-state index contributed by atoms with van der Waals surface area (Å²) in [7, 11) is 0. The Hall–Kier alpha value is -1.67. The first-order chi connectivity index (χ1) is 7.29. The van der Waals surface area contributed by atoms with E-state index >= 15 is 0 Å². The number of hydrogen-bond acceptors (Lipinski definition) is 4. The van der Waals surface area contributed by atoms with Crippen molar-refractivity contribution in [3.63, 3.8) is 0 Å². The van der Waals surface area contributed by atoms with Gasteiger partial charge in [0.25, 0.3) is 0 Å². The van der Waals surface area contributed by atoms with Crippen LogP contribution >= 0.6 is 11.8 Å². The number of thioether (sulfide) groups is 1. The molecular formula is C10H9N3OS. The van der Waals surface area contributed by atoms with Crippen molar-refractivity contribution in [2.45, 2.75) is 4.90 Å². The van der Waals surface area contributed by atoms with E-state index in [9.17, 15) is 4.79 Å². The fourth-order valence-corrected chi connectivity index (χ4v) is 2.12. The van der Waals surface area contributed by atoms with Crippen LogP contribution in [0.2, 0.25) is 0 Å². The summed E-state index contributed by atoms with van der Waals surface area (Å²) in [6.07, 6.45) is 0. The van der Waals surface area contributed by atoms with E-state index in [0.29, 0.717) is 5.75 Å². The largest absolute Gasteiger partial charge is 0.372 e. The molecule has 4 nitrogen and oxygen atoms in total. The summed E-state index contributed by atoms with van der Waals surface area (Å²) in [5.41, 5.74) is 1.66. The minimum absolute atomic E-state index is 0.0185. The van der Waals surface area contributed by atoms with Crippen molar-refractivity contribution in [3.8, 4) is 6.07 Å². The van der Waals surface area contributed by atoms with Gasteiger partial charge < -0.3 is 10.6 Å². The quantitative estimate of drug-likeness (QED) is 0.742. The zero-order valence-corrected chi connectivity index (χ0v) is 8.73. The Balaban J connectivity index is 2.21. The van der Waals surface area contributed by atoms with Gasteiger partial charge in [-0.25, -0.2) is 0 Å². The lowest BCUT2D eigenvalue weighted by molar-refractivity contribution is -0.113. The van der Waals surface area contributed by atoms with Crippen molar-refractivity contribution in [1.29, 1.82) is 5.26 Å². The van der Waals surface area contributed by atoms with Gasteiger partial charge in [0, 0.05) is 10.6 Å². The highest BCUT2D eigenvalue weighted by Gasteiger charge is 2.14. The lowest BCUT2D eigenvalue weighted by atomic mass is 10.2. The minimum Gasteiger partial charge on any atom is -0.372 e. The van der Waals surface area contributed by atoms with Crippen molar-refractivity contribution in [3.05, 3.63) is 18.2 Å². The molecule has 2 N–H and O–H groups in total. The first-order valence-electron chi connectivity index (χ1n) is 4.47. The zero-order valence-electron chi connectivity index (χ0n) is 7.91. The van der Waals surface area contributed by atoms with E-state index in [2.05, 4.69) is 10.6 Å². The molecule has 0 saturated heterocycles. The summed E-state index contributed by atoms with van der Waals surface area (Å²) in [6.45, 7) is 0.264. The number of nitriles is 1. The van der Waals surface area contributed by atoms with Gasteiger partial charge in [0.05, 0.1) is 17.5 Å². The average Bonchev–Trinajstić information content (AvgIpc) is 2.25. The molecule has 15 heavy (non-hydrogen) atoms. The number of benzene rings is 1. The lowest BCUT2D eigenvalue weighted by Crippen LogP contribution is -2.18. The van der Waals surface area contributed by atoms with Crippen LogP contribution in [0.15, 0.2) is 23.1 Å². The maximum absolute atomic E-state index is 11.1. The number of hydrogen-bond donors (Lipinski definition) is 2. The summed E-state index contributed by atoms with van der Waals surface area (Å²) >= 11 is 1.52. The van der Waals surface area contributed by atoms with Crippen LogP contribution in [0.5, 0.6) is 0 Å². The molecule has 2 rings (SSSR count). The van der Waals surface area contributed by atoms with Crippen molar-refractivity contribution in [2.75, 3.05) is 22.9 Å². The number of nitrogens with one attached hydrogen (secondary N) is 2. The predicted octanol–water partition coefficient (Wildman–Crippen LogP) is 1.67. The predicted molar refractivity (Wildman–Crippen MR) is 59.9 cm³/mol. The van der Waals surface area contributed by atoms with Crippen LogP contribution in [0.1, 0.15) is 0 Å². The van der Waals surface area contributed by atoms with E-state index in [4.69, 9.17) is 5.26 Å². The molecule has 0 radical (unpaired) electrons. The highest BCUT2D eigenvalue weighted by atomic mass is 32.2. The molecule has 0 bridgehead atoms. The SMILES string of the molecule is N#CCNc1ccc2c(c1)NC(=O)CS2. The Kier molecular flexibility index (Phi) is 2.79. The third-order valence-corrected chi connectivity index (χ3v) is 3.06. The number of carbonyl (C=O) groups excluding carboxylic acids is 1. The molecule has 0 saturated carbocycles. The van der Waals surface area contributed by atoms with Crippen molar-refractivity contribution in [2.24, 2.45) is 0 Å². The topological polar surface area (TPSA) is 64.9 Å². The van der Waals surface area contributed by atoms with Gasteiger partial charge in [-0.15, -0.1) is 11.8 Å². The zero-order chi connectivity index (χ0) is 10.7. The van der Waals surface area contributed by atoms with Gasteiger partial charge in [-0.3, -0.25) is 4.79 Å². The fraction of sp³-hybridized carbons (Fsp3) is 0.200. The highest BCUT2D eigenvalue weighted by Crippen LogP contribution is 2.33. The van der Waals surface area contributed by atoms with Gasteiger partial charge in [-0.1, -0.05) is 0 Å². The number of amides is 1. The highest BCUT2D eigenvalue weighted by molar-refractivity contribution is 8.00. The molecule has 1 aliphatic heterocycles. The van der Waals surface area contributed by atoms with E-state index in [1.54, 1.807) is 0 Å². The molecule has 76 valence electrons. The lowest BCUT2D eigenvalue weighted by Gasteiger charge is -2.17. The number of carbonyl (C=O) groups is 1. The van der Waals surface area contributed by atoms with Crippen LogP contribution in [-0.4, -0.2) is 18.2 Å². The summed E-state index contributed by atoms with van der Waals surface area (Å²) < 4.78 is 0. The second-order valence-corrected chi connectivity index (χ2v) is 4.08. The fourth-order valence-electron chi connectivity index (χ4n) is 1.33. The smallest absolute Gasteiger partial charge is 0.234 e. The molecule has 1 heterocycles. The molecule has 5 heteroatoms. The van der Waals surface area contributed by atoms with Crippen LogP contribution in [-0.2, 0) is 4.79 Å². The summed E-state index contributed by atoms with van der Waals surface area (Å²) in [5, 5.41) is 14.2. The monoisotopic (exact) mass is 219 g/mol. The van der Waals surface area contributed by atoms with E-state index in [1.165, 1.54) is 11.8 Å². The van der Waals surface area contributed by atoms with Crippen LogP contribution in [0.3, 0.4) is 0 Å². The summed E-state index contributed by atoms with van der Waals surface area (Å²) in [5.74, 6) is 0.489. The number of anilines is 2. The maximum atomic E-state index is 11.1. The van der Waals surface area contributed by atoms with Gasteiger partial charge in [0.2, 0.25) is 5.91 Å². The molecule has 0 aliphatic carbocycles. The molecule has 0 fully saturated rings. The minimum atomic E-state index is 0.0185. The summed E-state index contributed by atoms with van der Waals surface area (Å²) in [6, 6.07) is 7.69. The van der Waals surface area contributed by atoms with E-state index in [1.807, 2.05) is 24.3 Å². The first-order valence-corrected chi connectivity index (χ1v) is 5.45. The standard InChI is InChI=1S/C10H9N3OS/c11-3-4-12-7-1-2-9-8(5-7)13-10(14)6-15-9/h1-2,5,12H,4,6H2,(H,13,14). The molecule has 1 amide bonds. The van der Waals surface area contributed by atoms with Gasteiger partial charge in [0.1, 0.15) is 6.54 Å². The number of rotatable bonds is 2. The van der Waals surface area contributed by atoms with E-state index < -0.39 is 0 Å². The number of nitrogens with zero attached hydrogens (tertiary/aromatic N) is 1.